The van der Waals surface area contributed by atoms with Gasteiger partial charge in [-0.25, -0.2) is 4.79 Å². The van der Waals surface area contributed by atoms with Crippen molar-refractivity contribution in [1.29, 1.82) is 0 Å². The minimum Gasteiger partial charge on any atom is -0.452 e. The largest absolute Gasteiger partial charge is 0.452 e. The van der Waals surface area contributed by atoms with Crippen molar-refractivity contribution in [2.75, 3.05) is 29.9 Å². The molecule has 1 atom stereocenters. The summed E-state index contributed by atoms with van der Waals surface area (Å²) in [7, 11) is 0. The Labute approximate surface area is 187 Å². The van der Waals surface area contributed by atoms with Crippen LogP contribution in [0, 0.1) is 19.6 Å². The van der Waals surface area contributed by atoms with E-state index in [2.05, 4.69) is 34.8 Å². The number of hydrogen-bond acceptors (Lipinski definition) is 6. The first-order valence-electron chi connectivity index (χ1n) is 9.59. The Hall–Kier alpha value is -2.69. The van der Waals surface area contributed by atoms with Crippen molar-refractivity contribution in [1.82, 2.24) is 0 Å². The molecule has 1 saturated heterocycles. The number of carbonyl (C=O) groups excluding carboxylic acids is 2. The van der Waals surface area contributed by atoms with Crippen LogP contribution in [-0.2, 0) is 9.53 Å². The minimum atomic E-state index is -0.783. The van der Waals surface area contributed by atoms with Crippen LogP contribution in [-0.4, -0.2) is 36.5 Å². The molecule has 1 amide bonds. The van der Waals surface area contributed by atoms with Gasteiger partial charge < -0.3 is 15.0 Å². The Morgan fingerprint density at radius 2 is 2.00 bits per heavy atom. The summed E-state index contributed by atoms with van der Waals surface area (Å²) in [5, 5.41) is 14.2. The molecule has 1 aliphatic rings. The number of nitro benzene ring substituents is 1. The molecule has 0 aliphatic carbocycles. The van der Waals surface area contributed by atoms with Crippen LogP contribution in [0.1, 0.15) is 30.1 Å². The molecule has 1 heterocycles. The summed E-state index contributed by atoms with van der Waals surface area (Å²) in [6, 6.07) is 11.5. The van der Waals surface area contributed by atoms with E-state index in [0.717, 1.165) is 29.5 Å². The maximum absolute atomic E-state index is 12.3. The van der Waals surface area contributed by atoms with E-state index >= 15 is 0 Å². The highest BCUT2D eigenvalue weighted by Gasteiger charge is 2.25. The first-order valence-corrected chi connectivity index (χ1v) is 10.7. The van der Waals surface area contributed by atoms with Crippen LogP contribution in [0.5, 0.6) is 0 Å². The van der Waals surface area contributed by atoms with Gasteiger partial charge in [0.05, 0.1) is 10.5 Å². The molecule has 1 unspecified atom stereocenters. The fourth-order valence-corrected chi connectivity index (χ4v) is 3.78. The van der Waals surface area contributed by atoms with E-state index < -0.39 is 23.4 Å². The summed E-state index contributed by atoms with van der Waals surface area (Å²) < 4.78 is 6.06. The van der Waals surface area contributed by atoms with Crippen LogP contribution in [0.4, 0.5) is 17.1 Å². The number of ether oxygens (including phenoxy) is 1. The first kappa shape index (κ1) is 22.0. The van der Waals surface area contributed by atoms with Gasteiger partial charge in [0.15, 0.2) is 6.61 Å². The number of nitrogens with zero attached hydrogens (tertiary/aromatic N) is 2. The molecule has 9 heteroatoms. The standard InChI is InChI=1S/C21H22IN3O5/c1-14-3-2-10-24(12-14)18-9-4-15(11-19(18)25(28)29)21(27)30-13-20(26)23-17-7-5-16(22)6-8-17/h4-9,11,14H,2-3,10,12-13H2,1H3,(H,23,26). The van der Waals surface area contributed by atoms with E-state index in [1.165, 1.54) is 12.1 Å². The molecule has 1 fully saturated rings. The summed E-state index contributed by atoms with van der Waals surface area (Å²) in [6.45, 7) is 3.12. The normalized spacial score (nSPS) is 16.1. The third-order valence-corrected chi connectivity index (χ3v) is 5.59. The van der Waals surface area contributed by atoms with Crippen LogP contribution >= 0.6 is 22.6 Å². The van der Waals surface area contributed by atoms with Crippen molar-refractivity contribution in [2.24, 2.45) is 5.92 Å². The van der Waals surface area contributed by atoms with Gasteiger partial charge in [-0.3, -0.25) is 14.9 Å². The van der Waals surface area contributed by atoms with Crippen LogP contribution < -0.4 is 10.2 Å². The van der Waals surface area contributed by atoms with Crippen LogP contribution in [0.2, 0.25) is 0 Å². The number of nitro groups is 1. The molecule has 2 aromatic rings. The summed E-state index contributed by atoms with van der Waals surface area (Å²) in [5.74, 6) is -0.818. The molecule has 0 saturated carbocycles. The quantitative estimate of drug-likeness (QED) is 0.263. The van der Waals surface area contributed by atoms with Gasteiger partial charge in [0.25, 0.3) is 11.6 Å². The van der Waals surface area contributed by atoms with E-state index in [1.54, 1.807) is 18.2 Å². The monoisotopic (exact) mass is 523 g/mol. The minimum absolute atomic E-state index is 0.0394. The Morgan fingerprint density at radius 3 is 2.67 bits per heavy atom. The number of amides is 1. The summed E-state index contributed by atoms with van der Waals surface area (Å²) >= 11 is 2.15. The van der Waals surface area contributed by atoms with E-state index in [4.69, 9.17) is 4.74 Å². The molecule has 30 heavy (non-hydrogen) atoms. The molecule has 0 spiro atoms. The number of anilines is 2. The summed E-state index contributed by atoms with van der Waals surface area (Å²) in [6.07, 6.45) is 2.07. The fraction of sp³-hybridized carbons (Fsp3) is 0.333. The Morgan fingerprint density at radius 1 is 1.27 bits per heavy atom. The lowest BCUT2D eigenvalue weighted by atomic mass is 9.99. The molecule has 1 N–H and O–H groups in total. The molecule has 158 valence electrons. The number of nitrogens with one attached hydrogen (secondary N) is 1. The molecular formula is C21H22IN3O5. The zero-order chi connectivity index (χ0) is 21.7. The average Bonchev–Trinajstić information content (AvgIpc) is 2.73. The topological polar surface area (TPSA) is 102 Å². The zero-order valence-electron chi connectivity index (χ0n) is 16.5. The number of piperidine rings is 1. The van der Waals surface area contributed by atoms with Gasteiger partial charge in [0.2, 0.25) is 0 Å². The highest BCUT2D eigenvalue weighted by molar-refractivity contribution is 14.1. The Balaban J connectivity index is 1.65. The highest BCUT2D eigenvalue weighted by atomic mass is 127. The van der Waals surface area contributed by atoms with Crippen molar-refractivity contribution in [3.05, 3.63) is 61.7 Å². The lowest BCUT2D eigenvalue weighted by molar-refractivity contribution is -0.384. The number of rotatable bonds is 6. The fourth-order valence-electron chi connectivity index (χ4n) is 3.42. The van der Waals surface area contributed by atoms with Crippen LogP contribution in [0.3, 0.4) is 0 Å². The molecule has 8 nitrogen and oxygen atoms in total. The lowest BCUT2D eigenvalue weighted by Gasteiger charge is -2.32. The third-order valence-electron chi connectivity index (χ3n) is 4.87. The van der Waals surface area contributed by atoms with Crippen molar-refractivity contribution in [3.8, 4) is 0 Å². The summed E-state index contributed by atoms with van der Waals surface area (Å²) in [5.41, 5.74) is 0.992. The van der Waals surface area contributed by atoms with Gasteiger partial charge in [-0.05, 0) is 77.7 Å². The third kappa shape index (κ3) is 5.68. The molecule has 1 aliphatic heterocycles. The van der Waals surface area contributed by atoms with Gasteiger partial charge in [-0.1, -0.05) is 6.92 Å². The SMILES string of the molecule is CC1CCCN(c2ccc(C(=O)OCC(=O)Nc3ccc(I)cc3)cc2[N+](=O)[O-])C1. The predicted octanol–water partition coefficient (Wildman–Crippen LogP) is 4.23. The number of hydrogen-bond donors (Lipinski definition) is 1. The van der Waals surface area contributed by atoms with Crippen LogP contribution in [0.15, 0.2) is 42.5 Å². The maximum atomic E-state index is 12.3. The van der Waals surface area contributed by atoms with E-state index in [-0.39, 0.29) is 11.3 Å². The Kier molecular flexibility index (Phi) is 7.24. The van der Waals surface area contributed by atoms with Crippen molar-refractivity contribution in [2.45, 2.75) is 19.8 Å². The smallest absolute Gasteiger partial charge is 0.338 e. The van der Waals surface area contributed by atoms with Gasteiger partial charge >= 0.3 is 5.97 Å². The molecule has 3 rings (SSSR count). The van der Waals surface area contributed by atoms with Gasteiger partial charge in [0.1, 0.15) is 5.69 Å². The highest BCUT2D eigenvalue weighted by Crippen LogP contribution is 2.32. The number of carbonyl (C=O) groups is 2. The average molecular weight is 523 g/mol. The van der Waals surface area contributed by atoms with Crippen molar-refractivity contribution >= 4 is 51.5 Å². The summed E-state index contributed by atoms with van der Waals surface area (Å²) in [4.78, 5) is 37.4. The number of benzene rings is 2. The van der Waals surface area contributed by atoms with E-state index in [0.29, 0.717) is 17.3 Å². The van der Waals surface area contributed by atoms with E-state index in [9.17, 15) is 19.7 Å². The molecule has 0 aromatic heterocycles. The van der Waals surface area contributed by atoms with Gasteiger partial charge in [-0.2, -0.15) is 0 Å². The van der Waals surface area contributed by atoms with Crippen molar-refractivity contribution < 1.29 is 19.2 Å². The lowest BCUT2D eigenvalue weighted by Crippen LogP contribution is -2.34. The van der Waals surface area contributed by atoms with Gasteiger partial charge in [0, 0.05) is 28.4 Å². The van der Waals surface area contributed by atoms with E-state index in [1.807, 2.05) is 17.0 Å². The first-order chi connectivity index (χ1) is 14.3. The second-order valence-electron chi connectivity index (χ2n) is 7.29. The van der Waals surface area contributed by atoms with Gasteiger partial charge in [-0.15, -0.1) is 0 Å². The second-order valence-corrected chi connectivity index (χ2v) is 8.53. The second kappa shape index (κ2) is 9.88. The maximum Gasteiger partial charge on any atom is 0.338 e. The van der Waals surface area contributed by atoms with Crippen LogP contribution in [0.25, 0.3) is 0 Å². The van der Waals surface area contributed by atoms with Crippen molar-refractivity contribution in [3.63, 3.8) is 0 Å². The molecular weight excluding hydrogens is 501 g/mol. The Bertz CT molecular complexity index is 948. The zero-order valence-corrected chi connectivity index (χ0v) is 18.6. The number of halogens is 1. The molecule has 2 aromatic carbocycles. The number of esters is 1. The molecule has 0 radical (unpaired) electrons. The predicted molar refractivity (Wildman–Crippen MR) is 122 cm³/mol. The molecule has 0 bridgehead atoms.